The lowest BCUT2D eigenvalue weighted by molar-refractivity contribution is -0.122. The number of sulfone groups is 1. The lowest BCUT2D eigenvalue weighted by Crippen LogP contribution is -2.37. The van der Waals surface area contributed by atoms with Crippen molar-refractivity contribution in [1.29, 1.82) is 0 Å². The molecule has 1 aliphatic rings. The molecule has 0 aliphatic heterocycles. The van der Waals surface area contributed by atoms with Gasteiger partial charge in [0.05, 0.1) is 10.5 Å². The number of halogens is 1. The van der Waals surface area contributed by atoms with Gasteiger partial charge < -0.3 is 5.32 Å². The summed E-state index contributed by atoms with van der Waals surface area (Å²) in [6, 6.07) is 7.52. The lowest BCUT2D eigenvalue weighted by Gasteiger charge is -2.19. The van der Waals surface area contributed by atoms with E-state index in [4.69, 9.17) is 11.6 Å². The molecule has 2 atom stereocenters. The first-order valence-electron chi connectivity index (χ1n) is 7.38. The van der Waals surface area contributed by atoms with Crippen molar-refractivity contribution in [1.82, 2.24) is 5.32 Å². The molecule has 1 aromatic carbocycles. The van der Waals surface area contributed by atoms with Crippen LogP contribution in [0.25, 0.3) is 0 Å². The van der Waals surface area contributed by atoms with Gasteiger partial charge in [-0.05, 0) is 44.7 Å². The molecule has 1 saturated carbocycles. The van der Waals surface area contributed by atoms with Gasteiger partial charge in [-0.1, -0.05) is 29.8 Å². The number of benzene rings is 1. The zero-order valence-corrected chi connectivity index (χ0v) is 14.7. The number of hydrogen-bond acceptors (Lipinski definition) is 3. The van der Waals surface area contributed by atoms with E-state index < -0.39 is 14.6 Å². The molecular weight excluding hydrogens is 322 g/mol. The first kappa shape index (κ1) is 17.3. The molecule has 6 heteroatoms. The molecular formula is C16H22ClNO3S. The topological polar surface area (TPSA) is 63.2 Å². The monoisotopic (exact) mass is 343 g/mol. The van der Waals surface area contributed by atoms with E-state index in [1.807, 2.05) is 24.3 Å². The van der Waals surface area contributed by atoms with Crippen molar-refractivity contribution in [3.8, 4) is 0 Å². The maximum absolute atomic E-state index is 12.1. The summed E-state index contributed by atoms with van der Waals surface area (Å²) in [7, 11) is -3.21. The van der Waals surface area contributed by atoms with Gasteiger partial charge in [-0.25, -0.2) is 8.42 Å². The van der Waals surface area contributed by atoms with Crippen LogP contribution in [-0.4, -0.2) is 31.4 Å². The summed E-state index contributed by atoms with van der Waals surface area (Å²) < 4.78 is 23.2. The fraction of sp³-hybridized carbons (Fsp3) is 0.562. The third kappa shape index (κ3) is 3.82. The van der Waals surface area contributed by atoms with Crippen LogP contribution in [-0.2, 0) is 14.6 Å². The van der Waals surface area contributed by atoms with E-state index in [9.17, 15) is 13.2 Å². The maximum atomic E-state index is 12.1. The van der Waals surface area contributed by atoms with Crippen LogP contribution in [0.3, 0.4) is 0 Å². The van der Waals surface area contributed by atoms with E-state index in [2.05, 4.69) is 5.32 Å². The van der Waals surface area contributed by atoms with Crippen molar-refractivity contribution in [2.45, 2.75) is 37.9 Å². The van der Waals surface area contributed by atoms with Crippen LogP contribution in [0.4, 0.5) is 0 Å². The predicted octanol–water partition coefficient (Wildman–Crippen LogP) is 2.77. The molecule has 0 unspecified atom stereocenters. The summed E-state index contributed by atoms with van der Waals surface area (Å²) in [5, 5.41) is 3.41. The van der Waals surface area contributed by atoms with Gasteiger partial charge in [0.15, 0.2) is 9.84 Å². The number of carbonyl (C=O) groups is 1. The molecule has 0 spiro atoms. The standard InChI is InChI=1S/C16H22ClNO3S/c1-16(2,3)22(20,21)9-8-18-15(19)13-10-12(13)11-6-4-5-7-14(11)17/h4-7,12-13H,8-10H2,1-3H3,(H,18,19)/t12-,13+/m0/s1. The Morgan fingerprint density at radius 3 is 2.55 bits per heavy atom. The predicted molar refractivity (Wildman–Crippen MR) is 88.8 cm³/mol. The van der Waals surface area contributed by atoms with Crippen molar-refractivity contribution < 1.29 is 13.2 Å². The van der Waals surface area contributed by atoms with E-state index in [1.54, 1.807) is 20.8 Å². The second-order valence-electron chi connectivity index (χ2n) is 6.69. The Morgan fingerprint density at radius 1 is 1.32 bits per heavy atom. The molecule has 0 aromatic heterocycles. The summed E-state index contributed by atoms with van der Waals surface area (Å²) >= 11 is 6.13. The van der Waals surface area contributed by atoms with Crippen LogP contribution in [0, 0.1) is 5.92 Å². The summed E-state index contributed by atoms with van der Waals surface area (Å²) in [5.74, 6) is -0.0784. The van der Waals surface area contributed by atoms with Crippen LogP contribution in [0.2, 0.25) is 5.02 Å². The van der Waals surface area contributed by atoms with E-state index in [0.29, 0.717) is 5.02 Å². The lowest BCUT2D eigenvalue weighted by atomic mass is 10.1. The highest BCUT2D eigenvalue weighted by Crippen LogP contribution is 2.49. The average molecular weight is 344 g/mol. The first-order valence-corrected chi connectivity index (χ1v) is 9.41. The Balaban J connectivity index is 1.85. The number of hydrogen-bond donors (Lipinski definition) is 1. The van der Waals surface area contributed by atoms with E-state index in [1.165, 1.54) is 0 Å². The molecule has 122 valence electrons. The molecule has 1 N–H and O–H groups in total. The van der Waals surface area contributed by atoms with Gasteiger partial charge in [-0.2, -0.15) is 0 Å². The summed E-state index contributed by atoms with van der Waals surface area (Å²) in [4.78, 5) is 12.1. The second-order valence-corrected chi connectivity index (χ2v) is 9.96. The highest BCUT2D eigenvalue weighted by Gasteiger charge is 2.44. The molecule has 0 radical (unpaired) electrons. The van der Waals surface area contributed by atoms with Crippen molar-refractivity contribution >= 4 is 27.3 Å². The van der Waals surface area contributed by atoms with Crippen LogP contribution in [0.1, 0.15) is 38.7 Å². The Labute approximate surface area is 137 Å². The van der Waals surface area contributed by atoms with Gasteiger partial charge in [-0.15, -0.1) is 0 Å². The summed E-state index contributed by atoms with van der Waals surface area (Å²) in [5.41, 5.74) is 0.992. The van der Waals surface area contributed by atoms with Gasteiger partial charge in [0.2, 0.25) is 5.91 Å². The van der Waals surface area contributed by atoms with E-state index in [0.717, 1.165) is 12.0 Å². The molecule has 0 heterocycles. The molecule has 0 saturated heterocycles. The second kappa shape index (κ2) is 6.20. The Morgan fingerprint density at radius 2 is 1.95 bits per heavy atom. The molecule has 0 bridgehead atoms. The number of carbonyl (C=O) groups excluding carboxylic acids is 1. The van der Waals surface area contributed by atoms with Gasteiger partial charge in [-0.3, -0.25) is 4.79 Å². The van der Waals surface area contributed by atoms with Gasteiger partial charge in [0.25, 0.3) is 0 Å². The van der Waals surface area contributed by atoms with Crippen LogP contribution in [0.5, 0.6) is 0 Å². The minimum absolute atomic E-state index is 0.0360. The van der Waals surface area contributed by atoms with E-state index in [-0.39, 0.29) is 30.0 Å². The molecule has 4 nitrogen and oxygen atoms in total. The normalized spacial score (nSPS) is 21.5. The van der Waals surface area contributed by atoms with Crippen molar-refractivity contribution in [3.05, 3.63) is 34.9 Å². The minimum Gasteiger partial charge on any atom is -0.355 e. The smallest absolute Gasteiger partial charge is 0.223 e. The van der Waals surface area contributed by atoms with Gasteiger partial charge in [0.1, 0.15) is 0 Å². The molecule has 1 aromatic rings. The third-order valence-corrected chi connectivity index (χ3v) is 6.99. The van der Waals surface area contributed by atoms with Crippen molar-refractivity contribution in [3.63, 3.8) is 0 Å². The summed E-state index contributed by atoms with van der Waals surface area (Å²) in [6.45, 7) is 5.15. The molecule has 1 fully saturated rings. The van der Waals surface area contributed by atoms with Gasteiger partial charge in [0, 0.05) is 17.5 Å². The van der Waals surface area contributed by atoms with Crippen molar-refractivity contribution in [2.75, 3.05) is 12.3 Å². The van der Waals surface area contributed by atoms with Crippen molar-refractivity contribution in [2.24, 2.45) is 5.92 Å². The average Bonchev–Trinajstić information content (AvgIpc) is 3.17. The summed E-state index contributed by atoms with van der Waals surface area (Å²) in [6.07, 6.45) is 0.765. The van der Waals surface area contributed by atoms with Crippen LogP contribution >= 0.6 is 11.6 Å². The van der Waals surface area contributed by atoms with E-state index >= 15 is 0 Å². The third-order valence-electron chi connectivity index (χ3n) is 4.03. The fourth-order valence-electron chi connectivity index (χ4n) is 2.35. The first-order chi connectivity index (χ1) is 10.1. The Hall–Kier alpha value is -1.07. The highest BCUT2D eigenvalue weighted by atomic mass is 35.5. The highest BCUT2D eigenvalue weighted by molar-refractivity contribution is 7.92. The molecule has 2 rings (SSSR count). The zero-order valence-electron chi connectivity index (χ0n) is 13.1. The number of rotatable bonds is 5. The minimum atomic E-state index is -3.21. The molecule has 1 aliphatic carbocycles. The number of nitrogens with one attached hydrogen (secondary N) is 1. The zero-order chi connectivity index (χ0) is 16.5. The molecule has 22 heavy (non-hydrogen) atoms. The van der Waals surface area contributed by atoms with Crippen LogP contribution in [0.15, 0.2) is 24.3 Å². The Bertz CT molecular complexity index is 664. The van der Waals surface area contributed by atoms with Crippen LogP contribution < -0.4 is 5.32 Å². The quantitative estimate of drug-likeness (QED) is 0.894. The number of amides is 1. The SMILES string of the molecule is CC(C)(C)S(=O)(=O)CCNC(=O)[C@@H]1C[C@H]1c1ccccc1Cl. The Kier molecular flexibility index (Phi) is 4.87. The molecule has 1 amide bonds. The fourth-order valence-corrected chi connectivity index (χ4v) is 3.61. The maximum Gasteiger partial charge on any atom is 0.223 e. The largest absolute Gasteiger partial charge is 0.355 e. The van der Waals surface area contributed by atoms with Gasteiger partial charge >= 0.3 is 0 Å².